The summed E-state index contributed by atoms with van der Waals surface area (Å²) in [5, 5.41) is 3.21. The number of fused-ring (bicyclic) bond motifs is 1. The minimum absolute atomic E-state index is 0.149. The van der Waals surface area contributed by atoms with Gasteiger partial charge in [-0.15, -0.1) is 0 Å². The molecule has 2 aromatic rings. The van der Waals surface area contributed by atoms with Crippen LogP contribution in [0.3, 0.4) is 0 Å². The summed E-state index contributed by atoms with van der Waals surface area (Å²) in [5.41, 5.74) is -2.16. The summed E-state index contributed by atoms with van der Waals surface area (Å²) in [6, 6.07) is 11.4. The Labute approximate surface area is 200 Å². The monoisotopic (exact) mass is 493 g/mol. The largest absolute Gasteiger partial charge is 0.534 e. The third-order valence-corrected chi connectivity index (χ3v) is 6.79. The highest BCUT2D eigenvalue weighted by Crippen LogP contribution is 2.41. The predicted octanol–water partition coefficient (Wildman–Crippen LogP) is 6.38. The van der Waals surface area contributed by atoms with Crippen LogP contribution >= 0.6 is 0 Å². The number of aryl methyl sites for hydroxylation is 1. The third-order valence-electron chi connectivity index (χ3n) is 5.83. The molecular formula is C26H30F3NO3S. The summed E-state index contributed by atoms with van der Waals surface area (Å²) >= 11 is 0. The third kappa shape index (κ3) is 6.69. The summed E-state index contributed by atoms with van der Waals surface area (Å²) in [6.45, 7) is 2.34. The molecule has 0 saturated heterocycles. The summed E-state index contributed by atoms with van der Waals surface area (Å²) in [4.78, 5) is 0. The van der Waals surface area contributed by atoms with Gasteiger partial charge in [-0.25, -0.2) is 0 Å². The number of nitrogens with one attached hydrogen (secondary N) is 1. The van der Waals surface area contributed by atoms with E-state index in [0.29, 0.717) is 36.1 Å². The second kappa shape index (κ2) is 11.7. The quantitative estimate of drug-likeness (QED) is 0.191. The molecule has 0 aromatic heterocycles. The lowest BCUT2D eigenvalue weighted by atomic mass is 9.87. The average molecular weight is 494 g/mol. The number of hydrogen-bond acceptors (Lipinski definition) is 4. The minimum atomic E-state index is -5.78. The van der Waals surface area contributed by atoms with Crippen LogP contribution in [-0.4, -0.2) is 20.5 Å². The van der Waals surface area contributed by atoms with Gasteiger partial charge in [-0.2, -0.15) is 21.6 Å². The van der Waals surface area contributed by atoms with Crippen molar-refractivity contribution in [2.24, 2.45) is 0 Å². The van der Waals surface area contributed by atoms with Gasteiger partial charge < -0.3 is 9.50 Å². The lowest BCUT2D eigenvalue weighted by Gasteiger charge is -2.25. The van der Waals surface area contributed by atoms with Gasteiger partial charge >= 0.3 is 15.6 Å². The van der Waals surface area contributed by atoms with E-state index in [0.717, 1.165) is 49.7 Å². The zero-order chi connectivity index (χ0) is 24.6. The Morgan fingerprint density at radius 2 is 1.79 bits per heavy atom. The van der Waals surface area contributed by atoms with E-state index >= 15 is 0 Å². The smallest absolute Gasteiger partial charge is 0.375 e. The molecule has 1 aliphatic rings. The maximum absolute atomic E-state index is 13.2. The fourth-order valence-corrected chi connectivity index (χ4v) is 4.63. The molecule has 0 unspecified atom stereocenters. The predicted molar refractivity (Wildman–Crippen MR) is 128 cm³/mol. The first-order valence-electron chi connectivity index (χ1n) is 11.7. The van der Waals surface area contributed by atoms with Crippen molar-refractivity contribution >= 4 is 15.8 Å². The summed E-state index contributed by atoms with van der Waals surface area (Å²) < 4.78 is 68.4. The van der Waals surface area contributed by atoms with E-state index in [4.69, 9.17) is 4.18 Å². The maximum Gasteiger partial charge on any atom is 0.534 e. The number of alkyl halides is 3. The molecule has 1 N–H and O–H groups in total. The molecule has 0 fully saturated rings. The summed E-state index contributed by atoms with van der Waals surface area (Å²) in [6.07, 6.45) is 6.87. The van der Waals surface area contributed by atoms with Crippen LogP contribution in [0, 0.1) is 11.8 Å². The summed E-state index contributed by atoms with van der Waals surface area (Å²) in [5.74, 6) is 5.92. The van der Waals surface area contributed by atoms with Crippen molar-refractivity contribution in [1.29, 1.82) is 0 Å². The first kappa shape index (κ1) is 26.0. The van der Waals surface area contributed by atoms with Crippen molar-refractivity contribution in [1.82, 2.24) is 0 Å². The standard InChI is InChI=1S/C26H30F3NO3S/c1-2-3-4-8-17-23-24(30-18-11-14-20-12-6-5-7-13-20)19-21-15-9-10-16-22(21)25(23)33-34(31,32)26(27,28)29/h5-7,12-13,19,30H,2-4,8-10,15-18H2,1H3. The molecule has 8 heteroatoms. The fourth-order valence-electron chi connectivity index (χ4n) is 4.11. The Morgan fingerprint density at radius 1 is 1.06 bits per heavy atom. The van der Waals surface area contributed by atoms with E-state index in [1.807, 2.05) is 36.4 Å². The van der Waals surface area contributed by atoms with E-state index in [9.17, 15) is 21.6 Å². The topological polar surface area (TPSA) is 55.4 Å². The van der Waals surface area contributed by atoms with Crippen molar-refractivity contribution in [2.45, 2.75) is 70.2 Å². The molecule has 0 spiro atoms. The number of halogens is 3. The molecule has 0 atom stereocenters. The summed E-state index contributed by atoms with van der Waals surface area (Å²) in [7, 11) is -5.78. The van der Waals surface area contributed by atoms with Gasteiger partial charge in [-0.3, -0.25) is 0 Å². The molecule has 0 amide bonds. The zero-order valence-electron chi connectivity index (χ0n) is 19.3. The molecule has 0 radical (unpaired) electrons. The Kier molecular flexibility index (Phi) is 8.90. The second-order valence-electron chi connectivity index (χ2n) is 8.39. The molecule has 0 aliphatic heterocycles. The first-order valence-corrected chi connectivity index (χ1v) is 13.1. The van der Waals surface area contributed by atoms with Gasteiger partial charge in [0.2, 0.25) is 0 Å². The number of anilines is 1. The highest BCUT2D eigenvalue weighted by molar-refractivity contribution is 7.88. The van der Waals surface area contributed by atoms with Crippen molar-refractivity contribution in [3.8, 4) is 17.6 Å². The zero-order valence-corrected chi connectivity index (χ0v) is 20.1. The highest BCUT2D eigenvalue weighted by atomic mass is 32.2. The van der Waals surface area contributed by atoms with Crippen LogP contribution in [-0.2, 0) is 29.4 Å². The molecular weight excluding hydrogens is 463 g/mol. The lowest BCUT2D eigenvalue weighted by molar-refractivity contribution is -0.0500. The molecule has 2 aromatic carbocycles. The van der Waals surface area contributed by atoms with E-state index in [1.165, 1.54) is 0 Å². The molecule has 3 rings (SSSR count). The van der Waals surface area contributed by atoms with Crippen LogP contribution in [0.5, 0.6) is 5.75 Å². The van der Waals surface area contributed by atoms with E-state index in [2.05, 4.69) is 24.1 Å². The number of hydrogen-bond donors (Lipinski definition) is 1. The van der Waals surface area contributed by atoms with Crippen LogP contribution in [0.2, 0.25) is 0 Å². The Bertz CT molecular complexity index is 1130. The SMILES string of the molecule is CCCCCCc1c(NCC#Cc2ccccc2)cc2c(c1OS(=O)(=O)C(F)(F)F)CCCC2. The molecule has 0 bridgehead atoms. The Balaban J connectivity index is 1.98. The lowest BCUT2D eigenvalue weighted by Crippen LogP contribution is -2.29. The van der Waals surface area contributed by atoms with Crippen LogP contribution in [0.1, 0.15) is 67.7 Å². The number of rotatable bonds is 9. The van der Waals surface area contributed by atoms with Crippen molar-refractivity contribution in [2.75, 3.05) is 11.9 Å². The molecule has 184 valence electrons. The van der Waals surface area contributed by atoms with Crippen LogP contribution in [0.15, 0.2) is 36.4 Å². The molecule has 1 aliphatic carbocycles. The van der Waals surface area contributed by atoms with Crippen molar-refractivity contribution in [3.63, 3.8) is 0 Å². The minimum Gasteiger partial charge on any atom is -0.375 e. The number of benzene rings is 2. The second-order valence-corrected chi connectivity index (χ2v) is 9.93. The van der Waals surface area contributed by atoms with Crippen molar-refractivity contribution < 1.29 is 25.8 Å². The van der Waals surface area contributed by atoms with Gasteiger partial charge in [0.15, 0.2) is 5.75 Å². The van der Waals surface area contributed by atoms with Gasteiger partial charge in [-0.05, 0) is 67.9 Å². The molecule has 34 heavy (non-hydrogen) atoms. The molecule has 0 heterocycles. The Morgan fingerprint density at radius 3 is 2.50 bits per heavy atom. The highest BCUT2D eigenvalue weighted by Gasteiger charge is 2.49. The normalized spacial score (nSPS) is 13.5. The van der Waals surface area contributed by atoms with Crippen LogP contribution in [0.4, 0.5) is 18.9 Å². The van der Waals surface area contributed by atoms with E-state index < -0.39 is 15.6 Å². The van der Waals surface area contributed by atoms with Gasteiger partial charge in [0, 0.05) is 16.8 Å². The molecule has 0 saturated carbocycles. The maximum atomic E-state index is 13.2. The van der Waals surface area contributed by atoms with E-state index in [-0.39, 0.29) is 12.3 Å². The van der Waals surface area contributed by atoms with Gasteiger partial charge in [-0.1, -0.05) is 56.2 Å². The van der Waals surface area contributed by atoms with Crippen molar-refractivity contribution in [3.05, 3.63) is 58.7 Å². The molecule has 4 nitrogen and oxygen atoms in total. The Hall–Kier alpha value is -2.66. The van der Waals surface area contributed by atoms with E-state index in [1.54, 1.807) is 0 Å². The van der Waals surface area contributed by atoms with Gasteiger partial charge in [0.1, 0.15) is 0 Å². The fraction of sp³-hybridized carbons (Fsp3) is 0.462. The average Bonchev–Trinajstić information content (AvgIpc) is 2.80. The van der Waals surface area contributed by atoms with Crippen LogP contribution < -0.4 is 9.50 Å². The van der Waals surface area contributed by atoms with Gasteiger partial charge in [0.25, 0.3) is 0 Å². The van der Waals surface area contributed by atoms with Crippen LogP contribution in [0.25, 0.3) is 0 Å². The van der Waals surface area contributed by atoms with Gasteiger partial charge in [0.05, 0.1) is 6.54 Å². The first-order chi connectivity index (χ1) is 16.2. The number of unbranched alkanes of at least 4 members (excludes halogenated alkanes) is 3.